The molecular formula is C21H24O3. The summed E-state index contributed by atoms with van der Waals surface area (Å²) >= 11 is 0. The molecule has 1 aliphatic rings. The molecule has 0 saturated heterocycles. The maximum Gasteiger partial charge on any atom is 0.147 e. The summed E-state index contributed by atoms with van der Waals surface area (Å²) in [5, 5.41) is 21.5. The second-order valence-electron chi connectivity index (χ2n) is 6.95. The van der Waals surface area contributed by atoms with Crippen LogP contribution in [-0.2, 0) is 4.79 Å². The van der Waals surface area contributed by atoms with Gasteiger partial charge in [0.25, 0.3) is 0 Å². The highest BCUT2D eigenvalue weighted by Crippen LogP contribution is 2.47. The van der Waals surface area contributed by atoms with Crippen molar-refractivity contribution in [2.45, 2.75) is 38.4 Å². The fourth-order valence-corrected chi connectivity index (χ4v) is 3.83. The van der Waals surface area contributed by atoms with Crippen molar-refractivity contribution in [3.63, 3.8) is 0 Å². The molecule has 24 heavy (non-hydrogen) atoms. The van der Waals surface area contributed by atoms with Crippen molar-refractivity contribution in [2.75, 3.05) is 0 Å². The Balaban J connectivity index is 1.87. The van der Waals surface area contributed by atoms with Crippen LogP contribution in [0.15, 0.2) is 60.7 Å². The number of ketones is 1. The van der Waals surface area contributed by atoms with Crippen molar-refractivity contribution in [2.24, 2.45) is 11.3 Å². The first kappa shape index (κ1) is 16.9. The van der Waals surface area contributed by atoms with E-state index in [0.717, 1.165) is 17.5 Å². The van der Waals surface area contributed by atoms with Gasteiger partial charge < -0.3 is 10.2 Å². The maximum absolute atomic E-state index is 13.2. The molecule has 4 atom stereocenters. The normalized spacial score (nSPS) is 26.8. The van der Waals surface area contributed by atoms with Crippen LogP contribution < -0.4 is 0 Å². The molecule has 1 fully saturated rings. The SMILES string of the molecule is CC1(C(O)c2ccccc2)CCCC(C(O)c2ccccc2)C1=O. The van der Waals surface area contributed by atoms with E-state index in [1.807, 2.05) is 67.6 Å². The second kappa shape index (κ2) is 6.88. The first-order valence-corrected chi connectivity index (χ1v) is 8.54. The average molecular weight is 324 g/mol. The molecule has 0 aromatic heterocycles. The zero-order chi connectivity index (χ0) is 17.2. The van der Waals surface area contributed by atoms with Gasteiger partial charge in [0, 0.05) is 5.92 Å². The number of hydrogen-bond donors (Lipinski definition) is 2. The summed E-state index contributed by atoms with van der Waals surface area (Å²) in [6.07, 6.45) is 0.449. The monoisotopic (exact) mass is 324 g/mol. The summed E-state index contributed by atoms with van der Waals surface area (Å²) in [6.45, 7) is 1.83. The van der Waals surface area contributed by atoms with Crippen LogP contribution in [0.1, 0.15) is 49.5 Å². The Bertz CT molecular complexity index is 683. The number of carbonyl (C=O) groups is 1. The zero-order valence-corrected chi connectivity index (χ0v) is 13.9. The summed E-state index contributed by atoms with van der Waals surface area (Å²) in [7, 11) is 0. The highest BCUT2D eigenvalue weighted by molar-refractivity contribution is 5.88. The largest absolute Gasteiger partial charge is 0.388 e. The first-order chi connectivity index (χ1) is 11.5. The number of benzene rings is 2. The molecule has 3 rings (SSSR count). The molecule has 0 radical (unpaired) electrons. The minimum atomic E-state index is -0.861. The number of aliphatic hydroxyl groups is 2. The molecule has 3 heteroatoms. The van der Waals surface area contributed by atoms with Crippen LogP contribution >= 0.6 is 0 Å². The van der Waals surface area contributed by atoms with Gasteiger partial charge in [-0.1, -0.05) is 67.1 Å². The van der Waals surface area contributed by atoms with Crippen molar-refractivity contribution in [3.05, 3.63) is 71.8 Å². The molecule has 2 aromatic rings. The van der Waals surface area contributed by atoms with Gasteiger partial charge in [0.1, 0.15) is 5.78 Å². The van der Waals surface area contributed by atoms with E-state index in [0.29, 0.717) is 12.8 Å². The van der Waals surface area contributed by atoms with Gasteiger partial charge >= 0.3 is 0 Å². The number of Topliss-reactive ketones (excluding diaryl/α,β-unsaturated/α-hetero) is 1. The lowest BCUT2D eigenvalue weighted by Gasteiger charge is -2.41. The number of carbonyl (C=O) groups excluding carboxylic acids is 1. The highest BCUT2D eigenvalue weighted by atomic mass is 16.3. The van der Waals surface area contributed by atoms with Gasteiger partial charge in [-0.25, -0.2) is 0 Å². The molecule has 1 aliphatic carbocycles. The molecule has 0 amide bonds. The Labute approximate surface area is 143 Å². The molecule has 0 spiro atoms. The summed E-state index contributed by atoms with van der Waals surface area (Å²) in [5.74, 6) is -0.508. The Morgan fingerprint density at radius 2 is 1.50 bits per heavy atom. The van der Waals surface area contributed by atoms with E-state index >= 15 is 0 Å². The van der Waals surface area contributed by atoms with Gasteiger partial charge in [-0.15, -0.1) is 0 Å². The number of aliphatic hydroxyl groups excluding tert-OH is 2. The number of hydrogen-bond acceptors (Lipinski definition) is 3. The lowest BCUT2D eigenvalue weighted by molar-refractivity contribution is -0.148. The van der Waals surface area contributed by atoms with Crippen molar-refractivity contribution in [1.29, 1.82) is 0 Å². The van der Waals surface area contributed by atoms with E-state index in [1.54, 1.807) is 0 Å². The standard InChI is InChI=1S/C21H24O3/c1-21(19(23)16-11-6-3-7-12-16)14-8-13-17(20(21)24)18(22)15-9-4-2-5-10-15/h2-7,9-12,17-19,22-23H,8,13-14H2,1H3. The van der Waals surface area contributed by atoms with E-state index in [-0.39, 0.29) is 5.78 Å². The molecule has 0 heterocycles. The van der Waals surface area contributed by atoms with Crippen LogP contribution in [-0.4, -0.2) is 16.0 Å². The molecule has 2 N–H and O–H groups in total. The minimum Gasteiger partial charge on any atom is -0.388 e. The predicted molar refractivity (Wildman–Crippen MR) is 93.3 cm³/mol. The molecule has 3 nitrogen and oxygen atoms in total. The van der Waals surface area contributed by atoms with Crippen molar-refractivity contribution in [3.8, 4) is 0 Å². The Kier molecular flexibility index (Phi) is 4.83. The van der Waals surface area contributed by atoms with Gasteiger partial charge in [-0.2, -0.15) is 0 Å². The van der Waals surface area contributed by atoms with Gasteiger partial charge in [-0.3, -0.25) is 4.79 Å². The van der Waals surface area contributed by atoms with Crippen molar-refractivity contribution < 1.29 is 15.0 Å². The molecule has 0 bridgehead atoms. The van der Waals surface area contributed by atoms with Crippen LogP contribution in [0.4, 0.5) is 0 Å². The topological polar surface area (TPSA) is 57.5 Å². The predicted octanol–water partition coefficient (Wildman–Crippen LogP) is 3.83. The minimum absolute atomic E-state index is 0.0403. The van der Waals surface area contributed by atoms with Crippen LogP contribution in [0.25, 0.3) is 0 Å². The molecule has 4 unspecified atom stereocenters. The quantitative estimate of drug-likeness (QED) is 0.898. The van der Waals surface area contributed by atoms with Crippen molar-refractivity contribution in [1.82, 2.24) is 0 Å². The van der Waals surface area contributed by atoms with E-state index in [1.165, 1.54) is 0 Å². The van der Waals surface area contributed by atoms with Gasteiger partial charge in [-0.05, 0) is 30.9 Å². The summed E-state index contributed by atoms with van der Waals surface area (Å²) in [4.78, 5) is 13.2. The van der Waals surface area contributed by atoms with Crippen LogP contribution in [0, 0.1) is 11.3 Å². The Morgan fingerprint density at radius 3 is 2.08 bits per heavy atom. The summed E-state index contributed by atoms with van der Waals surface area (Å²) in [6, 6.07) is 18.6. The Hall–Kier alpha value is -1.97. The third-order valence-corrected chi connectivity index (χ3v) is 5.35. The summed E-state index contributed by atoms with van der Waals surface area (Å²) in [5.41, 5.74) is 0.650. The molecule has 126 valence electrons. The third kappa shape index (κ3) is 3.02. The van der Waals surface area contributed by atoms with Gasteiger partial charge in [0.15, 0.2) is 0 Å². The number of rotatable bonds is 4. The molecular weight excluding hydrogens is 300 g/mol. The zero-order valence-electron chi connectivity index (χ0n) is 13.9. The van der Waals surface area contributed by atoms with E-state index in [9.17, 15) is 15.0 Å². The summed E-state index contributed by atoms with van der Waals surface area (Å²) < 4.78 is 0. The van der Waals surface area contributed by atoms with Crippen LogP contribution in [0.5, 0.6) is 0 Å². The Morgan fingerprint density at radius 1 is 0.958 bits per heavy atom. The molecule has 1 saturated carbocycles. The average Bonchev–Trinajstić information content (AvgIpc) is 2.64. The van der Waals surface area contributed by atoms with Gasteiger partial charge in [0.2, 0.25) is 0 Å². The highest BCUT2D eigenvalue weighted by Gasteiger charge is 2.48. The third-order valence-electron chi connectivity index (χ3n) is 5.35. The van der Waals surface area contributed by atoms with Crippen molar-refractivity contribution >= 4 is 5.78 Å². The van der Waals surface area contributed by atoms with Crippen LogP contribution in [0.3, 0.4) is 0 Å². The lowest BCUT2D eigenvalue weighted by atomic mass is 9.63. The van der Waals surface area contributed by atoms with E-state index < -0.39 is 23.5 Å². The smallest absolute Gasteiger partial charge is 0.147 e. The fourth-order valence-electron chi connectivity index (χ4n) is 3.83. The molecule has 0 aliphatic heterocycles. The first-order valence-electron chi connectivity index (χ1n) is 8.54. The van der Waals surface area contributed by atoms with E-state index in [4.69, 9.17) is 0 Å². The molecule has 2 aromatic carbocycles. The fraction of sp³-hybridized carbons (Fsp3) is 0.381. The lowest BCUT2D eigenvalue weighted by Crippen LogP contribution is -2.44. The van der Waals surface area contributed by atoms with Crippen LogP contribution in [0.2, 0.25) is 0 Å². The second-order valence-corrected chi connectivity index (χ2v) is 6.95. The van der Waals surface area contributed by atoms with E-state index in [2.05, 4.69) is 0 Å². The van der Waals surface area contributed by atoms with Gasteiger partial charge in [0.05, 0.1) is 17.6 Å². The maximum atomic E-state index is 13.2.